The Balaban J connectivity index is 2.46. The third kappa shape index (κ3) is 3.60. The Labute approximate surface area is 145 Å². The van der Waals surface area contributed by atoms with Gasteiger partial charge in [0.25, 0.3) is 0 Å². The van der Waals surface area contributed by atoms with Gasteiger partial charge in [-0.2, -0.15) is 0 Å². The number of aromatic hydroxyl groups is 1. The van der Waals surface area contributed by atoms with E-state index in [0.29, 0.717) is 21.3 Å². The number of phenols is 1. The topological polar surface area (TPSA) is 102 Å². The van der Waals surface area contributed by atoms with Gasteiger partial charge in [0.05, 0.1) is 23.3 Å². The van der Waals surface area contributed by atoms with Crippen molar-refractivity contribution in [2.24, 2.45) is 4.99 Å². The van der Waals surface area contributed by atoms with E-state index in [4.69, 9.17) is 4.74 Å². The number of nitrogens with zero attached hydrogens (tertiary/aromatic N) is 2. The molecule has 0 bridgehead atoms. The van der Waals surface area contributed by atoms with Crippen LogP contribution in [0.3, 0.4) is 0 Å². The van der Waals surface area contributed by atoms with Crippen LogP contribution in [0.5, 0.6) is 5.75 Å². The summed E-state index contributed by atoms with van der Waals surface area (Å²) in [6.07, 6.45) is 1.30. The second-order valence-electron chi connectivity index (χ2n) is 4.82. The predicted molar refractivity (Wildman–Crippen MR) is 92.2 cm³/mol. The van der Waals surface area contributed by atoms with Gasteiger partial charge in [-0.3, -0.25) is 15.1 Å². The van der Waals surface area contributed by atoms with E-state index in [1.54, 1.807) is 25.1 Å². The maximum atomic E-state index is 11.7. The van der Waals surface area contributed by atoms with Crippen LogP contribution in [0.25, 0.3) is 0 Å². The molecule has 0 amide bonds. The quantitative estimate of drug-likeness (QED) is 0.367. The summed E-state index contributed by atoms with van der Waals surface area (Å²) < 4.78 is 5.14. The molecule has 24 heavy (non-hydrogen) atoms. The SMILES string of the molecule is COC(=O)c1cccc(N=Cc2cc(Br)cc([N+](=O)[O-])c2O)c1C. The molecule has 0 aliphatic carbocycles. The third-order valence-corrected chi connectivity index (χ3v) is 3.79. The Morgan fingerprint density at radius 1 is 1.42 bits per heavy atom. The Morgan fingerprint density at radius 2 is 2.12 bits per heavy atom. The van der Waals surface area contributed by atoms with Gasteiger partial charge in [0.2, 0.25) is 5.75 Å². The zero-order valence-electron chi connectivity index (χ0n) is 12.8. The summed E-state index contributed by atoms with van der Waals surface area (Å²) >= 11 is 3.16. The number of aliphatic imine (C=N–C) groups is 1. The van der Waals surface area contributed by atoms with Crippen molar-refractivity contribution in [2.75, 3.05) is 7.11 Å². The average Bonchev–Trinajstić information content (AvgIpc) is 2.55. The van der Waals surface area contributed by atoms with Crippen LogP contribution in [0, 0.1) is 17.0 Å². The highest BCUT2D eigenvalue weighted by molar-refractivity contribution is 9.10. The first-order chi connectivity index (χ1) is 11.3. The highest BCUT2D eigenvalue weighted by atomic mass is 79.9. The van der Waals surface area contributed by atoms with Crippen LogP contribution < -0.4 is 0 Å². The molecule has 0 spiro atoms. The van der Waals surface area contributed by atoms with Crippen molar-refractivity contribution >= 4 is 39.5 Å². The molecule has 124 valence electrons. The molecule has 1 N–H and O–H groups in total. The summed E-state index contributed by atoms with van der Waals surface area (Å²) in [5.41, 5.74) is 1.21. The molecule has 0 fully saturated rings. The van der Waals surface area contributed by atoms with Gasteiger partial charge in [0, 0.05) is 22.3 Å². The Hall–Kier alpha value is -2.74. The van der Waals surface area contributed by atoms with Crippen molar-refractivity contribution in [1.29, 1.82) is 0 Å². The average molecular weight is 393 g/mol. The number of esters is 1. The largest absolute Gasteiger partial charge is 0.502 e. The summed E-state index contributed by atoms with van der Waals surface area (Å²) in [6.45, 7) is 1.71. The van der Waals surface area contributed by atoms with Crippen LogP contribution in [0.4, 0.5) is 11.4 Å². The van der Waals surface area contributed by atoms with Crippen LogP contribution in [0.15, 0.2) is 39.8 Å². The van der Waals surface area contributed by atoms with E-state index in [-0.39, 0.29) is 5.56 Å². The van der Waals surface area contributed by atoms with Crippen molar-refractivity contribution in [1.82, 2.24) is 0 Å². The van der Waals surface area contributed by atoms with Crippen LogP contribution in [0.2, 0.25) is 0 Å². The molecule has 0 saturated carbocycles. The molecule has 8 heteroatoms. The molecule has 0 aromatic heterocycles. The first kappa shape index (κ1) is 17.6. The van der Waals surface area contributed by atoms with Gasteiger partial charge >= 0.3 is 11.7 Å². The fraction of sp³-hybridized carbons (Fsp3) is 0.125. The van der Waals surface area contributed by atoms with Crippen molar-refractivity contribution in [2.45, 2.75) is 6.92 Å². The zero-order chi connectivity index (χ0) is 17.9. The molecular formula is C16H13BrN2O5. The van der Waals surface area contributed by atoms with E-state index >= 15 is 0 Å². The number of carbonyl (C=O) groups excluding carboxylic acids is 1. The highest BCUT2D eigenvalue weighted by Crippen LogP contribution is 2.33. The number of hydrogen-bond acceptors (Lipinski definition) is 6. The molecule has 0 atom stereocenters. The van der Waals surface area contributed by atoms with E-state index in [9.17, 15) is 20.0 Å². The van der Waals surface area contributed by atoms with E-state index in [1.807, 2.05) is 0 Å². The minimum absolute atomic E-state index is 0.180. The summed E-state index contributed by atoms with van der Waals surface area (Å²) in [6, 6.07) is 7.65. The fourth-order valence-corrected chi connectivity index (χ4v) is 2.54. The van der Waals surface area contributed by atoms with Gasteiger partial charge in [0.15, 0.2) is 0 Å². The first-order valence-electron chi connectivity index (χ1n) is 6.74. The maximum Gasteiger partial charge on any atom is 0.338 e. The van der Waals surface area contributed by atoms with Crippen molar-refractivity contribution in [3.05, 3.63) is 61.6 Å². The van der Waals surface area contributed by atoms with Crippen molar-refractivity contribution in [3.63, 3.8) is 0 Å². The number of benzene rings is 2. The van der Waals surface area contributed by atoms with E-state index in [1.165, 1.54) is 25.5 Å². The smallest absolute Gasteiger partial charge is 0.338 e. The summed E-state index contributed by atoms with van der Waals surface area (Å²) in [5.74, 6) is -0.959. The molecule has 0 aliphatic heterocycles. The Bertz CT molecular complexity index is 849. The molecule has 0 heterocycles. The molecule has 2 aromatic carbocycles. The lowest BCUT2D eigenvalue weighted by Crippen LogP contribution is -2.03. The second kappa shape index (κ2) is 7.22. The Morgan fingerprint density at radius 3 is 2.75 bits per heavy atom. The summed E-state index contributed by atoms with van der Waals surface area (Å²) in [5, 5.41) is 20.9. The van der Waals surface area contributed by atoms with Crippen LogP contribution in [-0.2, 0) is 4.74 Å². The predicted octanol–water partition coefficient (Wildman–Crippen LogP) is 3.91. The minimum Gasteiger partial charge on any atom is -0.502 e. The molecular weight excluding hydrogens is 380 g/mol. The van der Waals surface area contributed by atoms with Crippen molar-refractivity contribution in [3.8, 4) is 5.75 Å². The van der Waals surface area contributed by atoms with Gasteiger partial charge in [0.1, 0.15) is 0 Å². The zero-order valence-corrected chi connectivity index (χ0v) is 14.4. The number of phenolic OH excluding ortho intramolecular Hbond substituents is 1. The van der Waals surface area contributed by atoms with Gasteiger partial charge in [-0.15, -0.1) is 0 Å². The molecule has 0 saturated heterocycles. The number of ether oxygens (including phenoxy) is 1. The second-order valence-corrected chi connectivity index (χ2v) is 5.74. The van der Waals surface area contributed by atoms with Gasteiger partial charge in [-0.25, -0.2) is 4.79 Å². The number of rotatable bonds is 4. The number of hydrogen-bond donors (Lipinski definition) is 1. The summed E-state index contributed by atoms with van der Waals surface area (Å²) in [4.78, 5) is 26.2. The number of carbonyl (C=O) groups is 1. The molecule has 0 radical (unpaired) electrons. The molecule has 0 aliphatic rings. The van der Waals surface area contributed by atoms with E-state index < -0.39 is 22.3 Å². The van der Waals surface area contributed by atoms with Gasteiger partial charge in [-0.05, 0) is 30.7 Å². The number of halogens is 1. The normalized spacial score (nSPS) is 10.8. The molecule has 2 aromatic rings. The summed E-state index contributed by atoms with van der Waals surface area (Å²) in [7, 11) is 1.29. The minimum atomic E-state index is -0.680. The first-order valence-corrected chi connectivity index (χ1v) is 7.53. The van der Waals surface area contributed by atoms with Crippen LogP contribution in [-0.4, -0.2) is 29.3 Å². The molecule has 2 rings (SSSR count). The van der Waals surface area contributed by atoms with Gasteiger partial charge < -0.3 is 9.84 Å². The number of methoxy groups -OCH3 is 1. The Kier molecular flexibility index (Phi) is 5.30. The van der Waals surface area contributed by atoms with E-state index in [2.05, 4.69) is 20.9 Å². The third-order valence-electron chi connectivity index (χ3n) is 3.33. The number of nitro groups is 1. The monoisotopic (exact) mass is 392 g/mol. The lowest BCUT2D eigenvalue weighted by molar-refractivity contribution is -0.385. The lowest BCUT2D eigenvalue weighted by atomic mass is 10.1. The van der Waals surface area contributed by atoms with Crippen molar-refractivity contribution < 1.29 is 19.6 Å². The van der Waals surface area contributed by atoms with Gasteiger partial charge in [-0.1, -0.05) is 22.0 Å². The fourth-order valence-electron chi connectivity index (χ4n) is 2.08. The highest BCUT2D eigenvalue weighted by Gasteiger charge is 2.18. The molecule has 7 nitrogen and oxygen atoms in total. The number of nitro benzene ring substituents is 1. The standard InChI is InChI=1S/C16H13BrN2O5/c1-9-12(16(21)24-2)4-3-5-13(9)18-8-10-6-11(17)7-14(15(10)20)19(22)23/h3-8,20H,1-2H3. The molecule has 0 unspecified atom stereocenters. The van der Waals surface area contributed by atoms with E-state index in [0.717, 1.165) is 0 Å². The lowest BCUT2D eigenvalue weighted by Gasteiger charge is -2.06. The van der Waals surface area contributed by atoms with Crippen LogP contribution in [0.1, 0.15) is 21.5 Å². The maximum absolute atomic E-state index is 11.7. The van der Waals surface area contributed by atoms with Crippen LogP contribution >= 0.6 is 15.9 Å².